The molecule has 1 aromatic carbocycles. The number of halogens is 1. The lowest BCUT2D eigenvalue weighted by Crippen LogP contribution is -2.50. The Morgan fingerprint density at radius 3 is 2.83 bits per heavy atom. The highest BCUT2D eigenvalue weighted by atomic mass is 19.1. The van der Waals surface area contributed by atoms with Crippen LogP contribution in [0, 0.1) is 5.82 Å². The fourth-order valence-corrected chi connectivity index (χ4v) is 3.02. The maximum Gasteiger partial charge on any atom is 0.125 e. The van der Waals surface area contributed by atoms with E-state index >= 15 is 0 Å². The molecule has 0 saturated carbocycles. The highest BCUT2D eigenvalue weighted by Gasteiger charge is 2.41. The van der Waals surface area contributed by atoms with E-state index in [0.717, 1.165) is 43.7 Å². The average Bonchev–Trinajstić information content (AvgIpc) is 2.35. The monoisotopic (exact) mass is 250 g/mol. The van der Waals surface area contributed by atoms with Crippen LogP contribution in [0.25, 0.3) is 0 Å². The lowest BCUT2D eigenvalue weighted by atomic mass is 9.81. The molecular formula is C14H19FN2O. The van der Waals surface area contributed by atoms with Gasteiger partial charge in [-0.1, -0.05) is 0 Å². The van der Waals surface area contributed by atoms with E-state index in [2.05, 4.69) is 11.9 Å². The number of rotatable bonds is 0. The minimum atomic E-state index is -0.243. The molecular weight excluding hydrogens is 231 g/mol. The van der Waals surface area contributed by atoms with E-state index < -0.39 is 0 Å². The van der Waals surface area contributed by atoms with Crippen LogP contribution in [0.3, 0.4) is 0 Å². The fourth-order valence-electron chi connectivity index (χ4n) is 3.02. The second-order valence-electron chi connectivity index (χ2n) is 5.58. The molecule has 2 aliphatic heterocycles. The summed E-state index contributed by atoms with van der Waals surface area (Å²) < 4.78 is 19.4. The Kier molecular flexibility index (Phi) is 2.79. The predicted molar refractivity (Wildman–Crippen MR) is 68.0 cm³/mol. The number of ether oxygens (including phenoxy) is 1. The standard InChI is InChI=1S/C14H19FN2O/c1-17-6-4-14(5-7-17)9-12(16)11-8-10(15)2-3-13(11)18-14/h2-3,8,12H,4-7,9,16H2,1H3/t12-/m1/s1. The minimum absolute atomic E-state index is 0.118. The molecule has 0 aliphatic carbocycles. The van der Waals surface area contributed by atoms with Crippen LogP contribution in [0.5, 0.6) is 5.75 Å². The van der Waals surface area contributed by atoms with E-state index in [9.17, 15) is 4.39 Å². The van der Waals surface area contributed by atoms with Crippen molar-refractivity contribution in [3.05, 3.63) is 29.6 Å². The Morgan fingerprint density at radius 1 is 1.39 bits per heavy atom. The van der Waals surface area contributed by atoms with Crippen LogP contribution in [0.1, 0.15) is 30.9 Å². The van der Waals surface area contributed by atoms with Gasteiger partial charge in [-0.3, -0.25) is 0 Å². The molecule has 18 heavy (non-hydrogen) atoms. The molecule has 98 valence electrons. The Morgan fingerprint density at radius 2 is 2.11 bits per heavy atom. The summed E-state index contributed by atoms with van der Waals surface area (Å²) in [4.78, 5) is 2.31. The van der Waals surface area contributed by atoms with Gasteiger partial charge in [0, 0.05) is 31.1 Å². The summed E-state index contributed by atoms with van der Waals surface area (Å²) in [5, 5.41) is 0. The first kappa shape index (κ1) is 11.9. The van der Waals surface area contributed by atoms with Crippen molar-refractivity contribution in [2.75, 3.05) is 20.1 Å². The molecule has 3 rings (SSSR count). The number of likely N-dealkylation sites (tertiary alicyclic amines) is 1. The molecule has 1 fully saturated rings. The SMILES string of the molecule is CN1CCC2(CC1)C[C@@H](N)c1cc(F)ccc1O2. The summed E-state index contributed by atoms with van der Waals surface area (Å²) in [7, 11) is 2.12. The number of nitrogens with zero attached hydrogens (tertiary/aromatic N) is 1. The summed E-state index contributed by atoms with van der Waals surface area (Å²) >= 11 is 0. The second kappa shape index (κ2) is 4.21. The Bertz CT molecular complexity index is 455. The first-order valence-electron chi connectivity index (χ1n) is 6.51. The predicted octanol–water partition coefficient (Wildman–Crippen LogP) is 2.07. The molecule has 4 heteroatoms. The van der Waals surface area contributed by atoms with Gasteiger partial charge in [0.05, 0.1) is 0 Å². The highest BCUT2D eigenvalue weighted by Crippen LogP contribution is 2.43. The lowest BCUT2D eigenvalue weighted by Gasteiger charge is -2.45. The van der Waals surface area contributed by atoms with E-state index in [0.29, 0.717) is 0 Å². The normalized spacial score (nSPS) is 26.7. The number of hydrogen-bond donors (Lipinski definition) is 1. The molecule has 2 heterocycles. The summed E-state index contributed by atoms with van der Waals surface area (Å²) in [6.45, 7) is 2.06. The zero-order valence-electron chi connectivity index (χ0n) is 10.7. The molecule has 2 aliphatic rings. The van der Waals surface area contributed by atoms with Crippen LogP contribution in [0.2, 0.25) is 0 Å². The van der Waals surface area contributed by atoms with Gasteiger partial charge >= 0.3 is 0 Å². The Balaban J connectivity index is 1.89. The molecule has 1 saturated heterocycles. The smallest absolute Gasteiger partial charge is 0.125 e. The van der Waals surface area contributed by atoms with Gasteiger partial charge < -0.3 is 15.4 Å². The first-order valence-corrected chi connectivity index (χ1v) is 6.51. The third-order valence-corrected chi connectivity index (χ3v) is 4.19. The Labute approximate surface area is 107 Å². The maximum atomic E-state index is 13.2. The van der Waals surface area contributed by atoms with Crippen molar-refractivity contribution >= 4 is 0 Å². The molecule has 0 amide bonds. The summed E-state index contributed by atoms with van der Waals surface area (Å²) in [6, 6.07) is 4.54. The summed E-state index contributed by atoms with van der Waals surface area (Å²) in [5.74, 6) is 0.520. The lowest BCUT2D eigenvalue weighted by molar-refractivity contribution is -0.0165. The van der Waals surface area contributed by atoms with Crippen LogP contribution < -0.4 is 10.5 Å². The van der Waals surface area contributed by atoms with Crippen LogP contribution in [0.15, 0.2) is 18.2 Å². The van der Waals surface area contributed by atoms with Crippen molar-refractivity contribution in [3.8, 4) is 5.75 Å². The van der Waals surface area contributed by atoms with Crippen molar-refractivity contribution < 1.29 is 9.13 Å². The van der Waals surface area contributed by atoms with Gasteiger partial charge in [0.1, 0.15) is 17.2 Å². The molecule has 2 N–H and O–H groups in total. The van der Waals surface area contributed by atoms with E-state index in [-0.39, 0.29) is 17.5 Å². The van der Waals surface area contributed by atoms with E-state index in [4.69, 9.17) is 10.5 Å². The fraction of sp³-hybridized carbons (Fsp3) is 0.571. The molecule has 0 aromatic heterocycles. The number of piperidine rings is 1. The van der Waals surface area contributed by atoms with Crippen molar-refractivity contribution in [2.45, 2.75) is 30.9 Å². The highest BCUT2D eigenvalue weighted by molar-refractivity contribution is 5.39. The topological polar surface area (TPSA) is 38.5 Å². The van der Waals surface area contributed by atoms with Gasteiger partial charge in [-0.05, 0) is 38.1 Å². The molecule has 1 aromatic rings. The largest absolute Gasteiger partial charge is 0.487 e. The zero-order chi connectivity index (χ0) is 12.8. The second-order valence-corrected chi connectivity index (χ2v) is 5.58. The maximum absolute atomic E-state index is 13.2. The van der Waals surface area contributed by atoms with E-state index in [1.54, 1.807) is 6.07 Å². The third-order valence-electron chi connectivity index (χ3n) is 4.19. The quantitative estimate of drug-likeness (QED) is 0.766. The molecule has 0 bridgehead atoms. The summed E-state index contributed by atoms with van der Waals surface area (Å²) in [5.41, 5.74) is 6.86. The summed E-state index contributed by atoms with van der Waals surface area (Å²) in [6.07, 6.45) is 2.78. The zero-order valence-corrected chi connectivity index (χ0v) is 10.7. The number of fused-ring (bicyclic) bond motifs is 1. The first-order chi connectivity index (χ1) is 8.58. The molecule has 1 atom stereocenters. The van der Waals surface area contributed by atoms with Gasteiger partial charge in [-0.15, -0.1) is 0 Å². The Hall–Kier alpha value is -1.13. The van der Waals surface area contributed by atoms with Crippen molar-refractivity contribution in [1.29, 1.82) is 0 Å². The van der Waals surface area contributed by atoms with Crippen LogP contribution in [-0.4, -0.2) is 30.6 Å². The number of hydrogen-bond acceptors (Lipinski definition) is 3. The number of benzene rings is 1. The van der Waals surface area contributed by atoms with Gasteiger partial charge in [-0.2, -0.15) is 0 Å². The average molecular weight is 250 g/mol. The molecule has 3 nitrogen and oxygen atoms in total. The van der Waals surface area contributed by atoms with Crippen LogP contribution in [-0.2, 0) is 0 Å². The van der Waals surface area contributed by atoms with Gasteiger partial charge in [0.25, 0.3) is 0 Å². The van der Waals surface area contributed by atoms with Crippen LogP contribution in [0.4, 0.5) is 4.39 Å². The van der Waals surface area contributed by atoms with Crippen molar-refractivity contribution in [1.82, 2.24) is 4.90 Å². The van der Waals surface area contributed by atoms with E-state index in [1.165, 1.54) is 12.1 Å². The van der Waals surface area contributed by atoms with E-state index in [1.807, 2.05) is 0 Å². The van der Waals surface area contributed by atoms with Crippen molar-refractivity contribution in [2.24, 2.45) is 5.73 Å². The van der Waals surface area contributed by atoms with Gasteiger partial charge in [-0.25, -0.2) is 4.39 Å². The third kappa shape index (κ3) is 1.99. The van der Waals surface area contributed by atoms with Gasteiger partial charge in [0.2, 0.25) is 0 Å². The van der Waals surface area contributed by atoms with Crippen molar-refractivity contribution in [3.63, 3.8) is 0 Å². The van der Waals surface area contributed by atoms with Crippen LogP contribution >= 0.6 is 0 Å². The molecule has 0 radical (unpaired) electrons. The van der Waals surface area contributed by atoms with Gasteiger partial charge in [0.15, 0.2) is 0 Å². The molecule has 0 unspecified atom stereocenters. The minimum Gasteiger partial charge on any atom is -0.487 e. The molecule has 1 spiro atoms. The number of nitrogens with two attached hydrogens (primary N) is 1.